The molecule has 0 aromatic carbocycles. The number of hydrogen-bond acceptors (Lipinski definition) is 12. The molecule has 0 aromatic rings. The maximum Gasteiger partial charge on any atom is 0.189 e. The van der Waals surface area contributed by atoms with Crippen LogP contribution in [-0.4, -0.2) is 125 Å². The van der Waals surface area contributed by atoms with Gasteiger partial charge in [-0.1, -0.05) is 12.2 Å². The number of carbonyl (C=O) groups is 1. The van der Waals surface area contributed by atoms with E-state index in [9.17, 15) is 4.79 Å². The monoisotopic (exact) mass is 376 g/mol. The molecule has 0 saturated heterocycles. The van der Waals surface area contributed by atoms with E-state index in [1.54, 1.807) is 0 Å². The summed E-state index contributed by atoms with van der Waals surface area (Å²) in [6.07, 6.45) is -11.3. The Bertz CT molecular complexity index is 356. The molecule has 10 N–H and O–H groups in total. The lowest BCUT2D eigenvalue weighted by atomic mass is 10.0. The highest BCUT2D eigenvalue weighted by Gasteiger charge is 2.29. The van der Waals surface area contributed by atoms with Gasteiger partial charge in [-0.15, -0.1) is 0 Å². The average Bonchev–Trinajstić information content (AvgIpc) is 2.62. The molecular formula is C12H24O11S. The molecule has 0 aliphatic heterocycles. The maximum atomic E-state index is 10.5. The minimum absolute atomic E-state index is 0.692. The SMILES string of the molecule is O=C(CO)C(O)C(O)C(O)CO.OCC(O)C(O)C(O)C(O)C=S. The lowest BCUT2D eigenvalue weighted by Gasteiger charge is -2.23. The van der Waals surface area contributed by atoms with Crippen molar-refractivity contribution in [2.24, 2.45) is 0 Å². The lowest BCUT2D eigenvalue weighted by molar-refractivity contribution is -0.142. The van der Waals surface area contributed by atoms with Crippen molar-refractivity contribution in [3.63, 3.8) is 0 Å². The molecule has 0 amide bonds. The Morgan fingerprint density at radius 2 is 1.21 bits per heavy atom. The Hall–Kier alpha value is -0.640. The fourth-order valence-electron chi connectivity index (χ4n) is 1.22. The molecule has 0 radical (unpaired) electrons. The Morgan fingerprint density at radius 3 is 1.54 bits per heavy atom. The first-order valence-corrected chi connectivity index (χ1v) is 7.13. The van der Waals surface area contributed by atoms with Crippen molar-refractivity contribution in [3.05, 3.63) is 0 Å². The van der Waals surface area contributed by atoms with E-state index in [2.05, 4.69) is 12.2 Å². The minimum Gasteiger partial charge on any atom is -0.394 e. The summed E-state index contributed by atoms with van der Waals surface area (Å²) in [5.41, 5.74) is 0. The summed E-state index contributed by atoms with van der Waals surface area (Å²) in [5.74, 6) is -1.00. The van der Waals surface area contributed by atoms with E-state index in [1.807, 2.05) is 0 Å². The van der Waals surface area contributed by atoms with Gasteiger partial charge in [-0.25, -0.2) is 0 Å². The molecule has 0 rings (SSSR count). The van der Waals surface area contributed by atoms with Crippen molar-refractivity contribution in [1.82, 2.24) is 0 Å². The zero-order valence-electron chi connectivity index (χ0n) is 12.5. The third kappa shape index (κ3) is 9.00. The van der Waals surface area contributed by atoms with Crippen LogP contribution in [0.4, 0.5) is 0 Å². The first kappa shape index (κ1) is 25.6. The predicted octanol–water partition coefficient (Wildman–Crippen LogP) is -5.96. The van der Waals surface area contributed by atoms with E-state index < -0.39 is 68.3 Å². The van der Waals surface area contributed by atoms with Crippen LogP contribution in [0.25, 0.3) is 0 Å². The predicted molar refractivity (Wildman–Crippen MR) is 82.0 cm³/mol. The standard InChI is InChI=1S/C6H12O6.C6H12O5S/c7-1-3(9)5(11)6(12)4(10)2-8;7-1-3(8)5(10)6(11)4(9)2-12/h3,5-9,11-12H,1-2H2;2-11H,1H2. The summed E-state index contributed by atoms with van der Waals surface area (Å²) in [4.78, 5) is 10.5. The van der Waals surface area contributed by atoms with Crippen LogP contribution in [0.15, 0.2) is 0 Å². The number of ketones is 1. The first-order valence-electron chi connectivity index (χ1n) is 6.65. The number of aliphatic hydroxyl groups is 10. The van der Waals surface area contributed by atoms with Gasteiger partial charge in [0.25, 0.3) is 0 Å². The third-order valence-electron chi connectivity index (χ3n) is 2.81. The van der Waals surface area contributed by atoms with Crippen LogP contribution >= 0.6 is 12.2 Å². The summed E-state index contributed by atoms with van der Waals surface area (Å²) >= 11 is 4.30. The number of rotatable bonds is 10. The Balaban J connectivity index is 0. The Morgan fingerprint density at radius 1 is 0.792 bits per heavy atom. The molecular weight excluding hydrogens is 352 g/mol. The molecule has 7 atom stereocenters. The van der Waals surface area contributed by atoms with Gasteiger partial charge < -0.3 is 51.1 Å². The highest BCUT2D eigenvalue weighted by Crippen LogP contribution is 2.03. The van der Waals surface area contributed by atoms with Crippen LogP contribution in [0.5, 0.6) is 0 Å². The van der Waals surface area contributed by atoms with Crippen molar-refractivity contribution in [1.29, 1.82) is 0 Å². The van der Waals surface area contributed by atoms with Crippen molar-refractivity contribution in [2.45, 2.75) is 42.7 Å². The van der Waals surface area contributed by atoms with Gasteiger partial charge in [-0.2, -0.15) is 0 Å². The van der Waals surface area contributed by atoms with Gasteiger partial charge in [0.05, 0.1) is 13.2 Å². The molecule has 7 unspecified atom stereocenters. The molecule has 0 heterocycles. The van der Waals surface area contributed by atoms with E-state index in [-0.39, 0.29) is 0 Å². The van der Waals surface area contributed by atoms with E-state index in [4.69, 9.17) is 51.1 Å². The Labute approximate surface area is 142 Å². The van der Waals surface area contributed by atoms with Crippen molar-refractivity contribution in [3.8, 4) is 0 Å². The van der Waals surface area contributed by atoms with E-state index in [0.717, 1.165) is 5.37 Å². The Kier molecular flexibility index (Phi) is 14.5. The summed E-state index contributed by atoms with van der Waals surface area (Å²) in [6.45, 7) is -2.38. The van der Waals surface area contributed by atoms with Gasteiger partial charge in [0.15, 0.2) is 5.78 Å². The summed E-state index contributed by atoms with van der Waals surface area (Å²) in [6, 6.07) is 0. The van der Waals surface area contributed by atoms with Gasteiger partial charge in [-0.3, -0.25) is 4.79 Å². The molecule has 0 aliphatic carbocycles. The van der Waals surface area contributed by atoms with Crippen LogP contribution in [0.1, 0.15) is 0 Å². The number of hydrogen-bond donors (Lipinski definition) is 10. The van der Waals surface area contributed by atoms with Crippen LogP contribution < -0.4 is 0 Å². The molecule has 11 nitrogen and oxygen atoms in total. The largest absolute Gasteiger partial charge is 0.394 e. The van der Waals surface area contributed by atoms with Crippen LogP contribution in [0.3, 0.4) is 0 Å². The summed E-state index contributed by atoms with van der Waals surface area (Å²) < 4.78 is 0. The summed E-state index contributed by atoms with van der Waals surface area (Å²) in [7, 11) is 0. The maximum absolute atomic E-state index is 10.5. The van der Waals surface area contributed by atoms with Gasteiger partial charge >= 0.3 is 0 Å². The van der Waals surface area contributed by atoms with E-state index in [1.165, 1.54) is 0 Å². The van der Waals surface area contributed by atoms with Gasteiger partial charge in [0.1, 0.15) is 49.3 Å². The van der Waals surface area contributed by atoms with Gasteiger partial charge in [0, 0.05) is 5.37 Å². The zero-order valence-corrected chi connectivity index (χ0v) is 13.3. The molecule has 144 valence electrons. The smallest absolute Gasteiger partial charge is 0.189 e. The van der Waals surface area contributed by atoms with E-state index in [0.29, 0.717) is 0 Å². The number of carbonyl (C=O) groups excluding carboxylic acids is 1. The van der Waals surface area contributed by atoms with Crippen LogP contribution in [0.2, 0.25) is 0 Å². The second kappa shape index (κ2) is 13.6. The second-order valence-corrected chi connectivity index (χ2v) is 4.94. The van der Waals surface area contributed by atoms with Crippen LogP contribution in [0, 0.1) is 0 Å². The van der Waals surface area contributed by atoms with Crippen LogP contribution in [-0.2, 0) is 4.79 Å². The van der Waals surface area contributed by atoms with Crippen molar-refractivity contribution >= 4 is 23.4 Å². The molecule has 0 spiro atoms. The number of aliphatic hydroxyl groups excluding tert-OH is 10. The summed E-state index contributed by atoms with van der Waals surface area (Å²) in [5, 5.41) is 88.0. The average molecular weight is 376 g/mol. The molecule has 0 saturated carbocycles. The van der Waals surface area contributed by atoms with Crippen molar-refractivity contribution < 1.29 is 55.9 Å². The second-order valence-electron chi connectivity index (χ2n) is 4.67. The minimum atomic E-state index is -1.86. The van der Waals surface area contributed by atoms with Gasteiger partial charge in [0.2, 0.25) is 0 Å². The van der Waals surface area contributed by atoms with Gasteiger partial charge in [-0.05, 0) is 0 Å². The molecule has 0 bridgehead atoms. The van der Waals surface area contributed by atoms with Crippen molar-refractivity contribution in [2.75, 3.05) is 19.8 Å². The normalized spacial score (nSPS) is 19.8. The quantitative estimate of drug-likeness (QED) is 0.161. The molecule has 0 aliphatic rings. The highest BCUT2D eigenvalue weighted by molar-refractivity contribution is 7.79. The fourth-order valence-corrected chi connectivity index (χ4v) is 1.38. The van der Waals surface area contributed by atoms with E-state index >= 15 is 0 Å². The molecule has 0 aromatic heterocycles. The molecule has 24 heavy (non-hydrogen) atoms. The topological polar surface area (TPSA) is 219 Å². The number of thiocarbonyl (C=S) groups is 1. The number of Topliss-reactive ketones (excluding diaryl/α,β-unsaturated/α-hetero) is 1. The first-order chi connectivity index (χ1) is 11.1. The molecule has 0 fully saturated rings. The fraction of sp³-hybridized carbons (Fsp3) is 0.833. The zero-order chi connectivity index (χ0) is 19.4. The lowest BCUT2D eigenvalue weighted by Crippen LogP contribution is -2.46. The molecule has 12 heteroatoms. The third-order valence-corrected chi connectivity index (χ3v) is 3.09. The highest BCUT2D eigenvalue weighted by atomic mass is 32.1.